The lowest BCUT2D eigenvalue weighted by Gasteiger charge is -2.35. The van der Waals surface area contributed by atoms with Crippen LogP contribution in [0.1, 0.15) is 13.8 Å². The minimum Gasteiger partial charge on any atom is -0.308 e. The lowest BCUT2D eigenvalue weighted by Crippen LogP contribution is -2.48. The van der Waals surface area contributed by atoms with Crippen LogP contribution in [0.25, 0.3) is 0 Å². The van der Waals surface area contributed by atoms with Gasteiger partial charge >= 0.3 is 0 Å². The summed E-state index contributed by atoms with van der Waals surface area (Å²) in [5.41, 5.74) is 0. The van der Waals surface area contributed by atoms with Crippen LogP contribution in [0.15, 0.2) is 0 Å². The molecule has 1 aliphatic rings. The Morgan fingerprint density at radius 1 is 1.06 bits per heavy atom. The summed E-state index contributed by atoms with van der Waals surface area (Å²) in [5.74, 6) is 0. The number of hydrogen-bond acceptors (Lipinski definition) is 4. The van der Waals surface area contributed by atoms with Crippen LogP contribution in [0.2, 0.25) is 0 Å². The molecule has 1 fully saturated rings. The molecule has 1 aliphatic heterocycles. The second-order valence-electron chi connectivity index (χ2n) is 5.79. The van der Waals surface area contributed by atoms with Crippen molar-refractivity contribution in [1.82, 2.24) is 19.6 Å². The molecule has 0 saturated carbocycles. The van der Waals surface area contributed by atoms with Crippen molar-refractivity contribution in [3.63, 3.8) is 0 Å². The van der Waals surface area contributed by atoms with E-state index in [4.69, 9.17) is 0 Å². The molecule has 18 heavy (non-hydrogen) atoms. The molecule has 1 rings (SSSR count). The van der Waals surface area contributed by atoms with Crippen LogP contribution in [0.5, 0.6) is 0 Å². The molecule has 0 unspecified atom stereocenters. The molecule has 0 aliphatic carbocycles. The lowest BCUT2D eigenvalue weighted by atomic mass is 10.2. The topological polar surface area (TPSA) is 13.0 Å². The Morgan fingerprint density at radius 2 is 1.67 bits per heavy atom. The smallest absolute Gasteiger partial charge is 0.0192 e. The number of likely N-dealkylation sites (N-methyl/N-ethyl adjacent to an activating group) is 4. The number of hydrogen-bond donors (Lipinski definition) is 0. The van der Waals surface area contributed by atoms with E-state index in [0.717, 1.165) is 19.1 Å². The van der Waals surface area contributed by atoms with Crippen molar-refractivity contribution < 1.29 is 0 Å². The molecule has 0 aromatic heterocycles. The van der Waals surface area contributed by atoms with Crippen LogP contribution in [-0.4, -0.2) is 100 Å². The fourth-order valence-electron chi connectivity index (χ4n) is 1.76. The molecule has 4 nitrogen and oxygen atoms in total. The Morgan fingerprint density at radius 3 is 2.06 bits per heavy atom. The number of rotatable bonds is 4. The van der Waals surface area contributed by atoms with E-state index in [9.17, 15) is 0 Å². The number of nitrogens with zero attached hydrogens (tertiary/aromatic N) is 4. The van der Waals surface area contributed by atoms with Gasteiger partial charge in [-0.3, -0.25) is 0 Å². The van der Waals surface area contributed by atoms with Gasteiger partial charge in [0.1, 0.15) is 0 Å². The molecule has 0 spiro atoms. The first-order valence-electron chi connectivity index (χ1n) is 7.08. The van der Waals surface area contributed by atoms with Crippen molar-refractivity contribution in [1.29, 1.82) is 0 Å². The SMILES string of the molecule is CCN(C)CCN(C)C.C[C@H]1CN(C)CCN1C. The highest BCUT2D eigenvalue weighted by molar-refractivity contribution is 4.73. The minimum absolute atomic E-state index is 0.740. The Labute approximate surface area is 115 Å². The molecule has 0 aromatic carbocycles. The molecule has 0 N–H and O–H groups in total. The quantitative estimate of drug-likeness (QED) is 0.738. The van der Waals surface area contributed by atoms with Gasteiger partial charge in [-0.25, -0.2) is 0 Å². The summed E-state index contributed by atoms with van der Waals surface area (Å²) in [6.45, 7) is 11.6. The lowest BCUT2D eigenvalue weighted by molar-refractivity contribution is 0.125. The molecule has 0 aromatic rings. The van der Waals surface area contributed by atoms with Gasteiger partial charge in [0, 0.05) is 38.8 Å². The highest BCUT2D eigenvalue weighted by atomic mass is 15.3. The van der Waals surface area contributed by atoms with E-state index in [-0.39, 0.29) is 0 Å². The fraction of sp³-hybridized carbons (Fsp3) is 1.00. The summed E-state index contributed by atoms with van der Waals surface area (Å²) in [4.78, 5) is 9.29. The van der Waals surface area contributed by atoms with E-state index in [0.29, 0.717) is 0 Å². The van der Waals surface area contributed by atoms with E-state index in [1.165, 1.54) is 26.2 Å². The van der Waals surface area contributed by atoms with Crippen LogP contribution < -0.4 is 0 Å². The first kappa shape index (κ1) is 17.8. The Kier molecular flexibility index (Phi) is 9.64. The minimum atomic E-state index is 0.740. The Balaban J connectivity index is 0.000000321. The van der Waals surface area contributed by atoms with Gasteiger partial charge in [-0.05, 0) is 48.7 Å². The van der Waals surface area contributed by atoms with Gasteiger partial charge in [0.15, 0.2) is 0 Å². The molecule has 0 radical (unpaired) electrons. The van der Waals surface area contributed by atoms with Crippen LogP contribution in [0.3, 0.4) is 0 Å². The first-order valence-corrected chi connectivity index (χ1v) is 7.08. The summed E-state index contributed by atoms with van der Waals surface area (Å²) >= 11 is 0. The zero-order chi connectivity index (χ0) is 14.1. The van der Waals surface area contributed by atoms with E-state index in [2.05, 4.69) is 68.7 Å². The van der Waals surface area contributed by atoms with Crippen LogP contribution in [0.4, 0.5) is 0 Å². The summed E-state index contributed by atoms with van der Waals surface area (Å²) in [7, 11) is 10.7. The van der Waals surface area contributed by atoms with Crippen LogP contribution in [-0.2, 0) is 0 Å². The van der Waals surface area contributed by atoms with E-state index >= 15 is 0 Å². The maximum absolute atomic E-state index is 2.40. The Hall–Kier alpha value is -0.160. The molecule has 0 bridgehead atoms. The average Bonchev–Trinajstić information content (AvgIpc) is 2.32. The molecule has 110 valence electrons. The van der Waals surface area contributed by atoms with E-state index in [1.807, 2.05) is 0 Å². The predicted octanol–water partition coefficient (Wildman–Crippen LogP) is 0.752. The van der Waals surface area contributed by atoms with Gasteiger partial charge in [-0.1, -0.05) is 6.92 Å². The van der Waals surface area contributed by atoms with Gasteiger partial charge in [0.25, 0.3) is 0 Å². The van der Waals surface area contributed by atoms with Crippen molar-refractivity contribution >= 4 is 0 Å². The highest BCUT2D eigenvalue weighted by Crippen LogP contribution is 2.03. The highest BCUT2D eigenvalue weighted by Gasteiger charge is 2.16. The van der Waals surface area contributed by atoms with Crippen molar-refractivity contribution in [2.75, 3.05) is 74.5 Å². The summed E-state index contributed by atoms with van der Waals surface area (Å²) in [5, 5.41) is 0. The molecule has 1 saturated heterocycles. The molecular weight excluding hydrogens is 224 g/mol. The summed E-state index contributed by atoms with van der Waals surface area (Å²) in [6, 6.07) is 0.740. The first-order chi connectivity index (χ1) is 8.36. The Bertz CT molecular complexity index is 196. The maximum Gasteiger partial charge on any atom is 0.0192 e. The van der Waals surface area contributed by atoms with Gasteiger partial charge in [-0.15, -0.1) is 0 Å². The average molecular weight is 258 g/mol. The normalized spacial score (nSPS) is 22.2. The monoisotopic (exact) mass is 258 g/mol. The second-order valence-corrected chi connectivity index (χ2v) is 5.79. The van der Waals surface area contributed by atoms with Gasteiger partial charge in [0.05, 0.1) is 0 Å². The third kappa shape index (κ3) is 8.86. The van der Waals surface area contributed by atoms with Crippen molar-refractivity contribution in [3.05, 3.63) is 0 Å². The van der Waals surface area contributed by atoms with Gasteiger partial charge in [0.2, 0.25) is 0 Å². The summed E-state index contributed by atoms with van der Waals surface area (Å²) < 4.78 is 0. The molecule has 1 atom stereocenters. The summed E-state index contributed by atoms with van der Waals surface area (Å²) in [6.07, 6.45) is 0. The maximum atomic E-state index is 2.40. The zero-order valence-corrected chi connectivity index (χ0v) is 13.6. The molecular formula is C14H34N4. The number of piperazine rings is 1. The molecule has 4 heteroatoms. The molecule has 0 amide bonds. The third-order valence-corrected chi connectivity index (χ3v) is 3.63. The van der Waals surface area contributed by atoms with E-state index in [1.54, 1.807) is 0 Å². The van der Waals surface area contributed by atoms with Crippen LogP contribution >= 0.6 is 0 Å². The van der Waals surface area contributed by atoms with Crippen molar-refractivity contribution in [3.8, 4) is 0 Å². The third-order valence-electron chi connectivity index (χ3n) is 3.63. The molecule has 1 heterocycles. The largest absolute Gasteiger partial charge is 0.308 e. The predicted molar refractivity (Wildman–Crippen MR) is 81.3 cm³/mol. The van der Waals surface area contributed by atoms with E-state index < -0.39 is 0 Å². The van der Waals surface area contributed by atoms with Crippen molar-refractivity contribution in [2.45, 2.75) is 19.9 Å². The van der Waals surface area contributed by atoms with Gasteiger partial charge in [-0.2, -0.15) is 0 Å². The fourth-order valence-corrected chi connectivity index (χ4v) is 1.76. The second kappa shape index (κ2) is 9.73. The van der Waals surface area contributed by atoms with Gasteiger partial charge < -0.3 is 19.6 Å². The zero-order valence-electron chi connectivity index (χ0n) is 13.6. The van der Waals surface area contributed by atoms with Crippen LogP contribution in [0, 0.1) is 0 Å². The standard InChI is InChI=1S/C7H16N2.C7H18N2/c1-7-6-8(2)4-5-9(7)3;1-5-9(4)7-6-8(2)3/h7H,4-6H2,1-3H3;5-7H2,1-4H3/t7-;/m0./s1. The van der Waals surface area contributed by atoms with Crippen molar-refractivity contribution in [2.24, 2.45) is 0 Å².